The first-order valence-corrected chi connectivity index (χ1v) is 7.85. The number of nitrogens with one attached hydrogen (secondary N) is 2. The number of rotatable bonds is 5. The average molecular weight is 307 g/mol. The van der Waals surface area contributed by atoms with E-state index in [-0.39, 0.29) is 5.82 Å². The van der Waals surface area contributed by atoms with Crippen LogP contribution in [0.2, 0.25) is 0 Å². The molecule has 0 atom stereocenters. The minimum Gasteiger partial charge on any atom is -0.367 e. The summed E-state index contributed by atoms with van der Waals surface area (Å²) in [5, 5.41) is 6.26. The molecule has 0 saturated carbocycles. The Morgan fingerprint density at radius 3 is 2.59 bits per heavy atom. The molecule has 2 N–H and O–H groups in total. The van der Waals surface area contributed by atoms with Crippen LogP contribution in [0.15, 0.2) is 29.3 Å². The number of guanidine groups is 1. The van der Waals surface area contributed by atoms with Gasteiger partial charge in [-0.05, 0) is 25.1 Å². The summed E-state index contributed by atoms with van der Waals surface area (Å²) >= 11 is 0. The first kappa shape index (κ1) is 16.5. The maximum absolute atomic E-state index is 13.8. The van der Waals surface area contributed by atoms with Crippen LogP contribution in [-0.2, 0) is 0 Å². The van der Waals surface area contributed by atoms with Gasteiger partial charge in [0.25, 0.3) is 0 Å². The van der Waals surface area contributed by atoms with Crippen LogP contribution in [0, 0.1) is 5.82 Å². The number of anilines is 1. The minimum absolute atomic E-state index is 0.126. The third kappa shape index (κ3) is 4.59. The summed E-state index contributed by atoms with van der Waals surface area (Å²) in [5.74, 6) is 0.697. The molecule has 1 saturated heterocycles. The lowest BCUT2D eigenvalue weighted by atomic mass is 10.2. The second-order valence-corrected chi connectivity index (χ2v) is 5.38. The van der Waals surface area contributed by atoms with Crippen molar-refractivity contribution in [3.63, 3.8) is 0 Å². The van der Waals surface area contributed by atoms with E-state index in [1.54, 1.807) is 13.1 Å². The smallest absolute Gasteiger partial charge is 0.190 e. The normalized spacial score (nSPS) is 16.7. The van der Waals surface area contributed by atoms with E-state index in [1.807, 2.05) is 19.2 Å². The fourth-order valence-corrected chi connectivity index (χ4v) is 2.71. The van der Waals surface area contributed by atoms with Crippen LogP contribution in [0.25, 0.3) is 0 Å². The molecule has 1 fully saturated rings. The maximum Gasteiger partial charge on any atom is 0.190 e. The SMILES string of the molecule is CN=C(NC)NCCCN1CCN(c2ccccc2F)CC1. The molecule has 6 heteroatoms. The third-order valence-corrected chi connectivity index (χ3v) is 3.97. The van der Waals surface area contributed by atoms with Crippen LogP contribution in [0.3, 0.4) is 0 Å². The lowest BCUT2D eigenvalue weighted by Crippen LogP contribution is -2.47. The van der Waals surface area contributed by atoms with E-state index >= 15 is 0 Å². The molecular weight excluding hydrogens is 281 g/mol. The third-order valence-electron chi connectivity index (χ3n) is 3.97. The summed E-state index contributed by atoms with van der Waals surface area (Å²) in [6, 6.07) is 7.02. The second-order valence-electron chi connectivity index (χ2n) is 5.38. The molecule has 1 aliphatic rings. The van der Waals surface area contributed by atoms with E-state index in [9.17, 15) is 4.39 Å². The molecule has 0 aromatic heterocycles. The zero-order valence-electron chi connectivity index (χ0n) is 13.5. The quantitative estimate of drug-likeness (QED) is 0.486. The van der Waals surface area contributed by atoms with Gasteiger partial charge in [-0.25, -0.2) is 4.39 Å². The summed E-state index contributed by atoms with van der Waals surface area (Å²) in [4.78, 5) is 8.64. The second kappa shape index (κ2) is 8.58. The standard InChI is InChI=1S/C16H26FN5/c1-18-16(19-2)20-8-5-9-21-10-12-22(13-11-21)15-7-4-3-6-14(15)17/h3-4,6-7H,5,8-13H2,1-2H3,(H2,18,19,20). The lowest BCUT2D eigenvalue weighted by molar-refractivity contribution is 0.254. The van der Waals surface area contributed by atoms with Crippen LogP contribution in [0.4, 0.5) is 10.1 Å². The Hall–Kier alpha value is -1.82. The molecule has 0 unspecified atom stereocenters. The summed E-state index contributed by atoms with van der Waals surface area (Å²) in [6.07, 6.45) is 1.07. The zero-order valence-corrected chi connectivity index (χ0v) is 13.5. The molecule has 22 heavy (non-hydrogen) atoms. The van der Waals surface area contributed by atoms with E-state index in [0.29, 0.717) is 0 Å². The number of para-hydroxylation sites is 1. The Bertz CT molecular complexity index is 483. The molecule has 0 aliphatic carbocycles. The summed E-state index contributed by atoms with van der Waals surface area (Å²) in [5.41, 5.74) is 0.724. The molecule has 0 bridgehead atoms. The van der Waals surface area contributed by atoms with Gasteiger partial charge in [0, 0.05) is 46.8 Å². The Balaban J connectivity index is 1.68. The largest absolute Gasteiger partial charge is 0.367 e. The highest BCUT2D eigenvalue weighted by Gasteiger charge is 2.18. The van der Waals surface area contributed by atoms with Crippen molar-refractivity contribution in [3.8, 4) is 0 Å². The van der Waals surface area contributed by atoms with Gasteiger partial charge in [0.15, 0.2) is 5.96 Å². The zero-order chi connectivity index (χ0) is 15.8. The van der Waals surface area contributed by atoms with Crippen LogP contribution in [0.1, 0.15) is 6.42 Å². The van der Waals surface area contributed by atoms with Crippen molar-refractivity contribution in [1.82, 2.24) is 15.5 Å². The molecule has 2 rings (SSSR count). The highest BCUT2D eigenvalue weighted by Crippen LogP contribution is 2.19. The first-order chi connectivity index (χ1) is 10.7. The van der Waals surface area contributed by atoms with Crippen molar-refractivity contribution in [1.29, 1.82) is 0 Å². The van der Waals surface area contributed by atoms with Gasteiger partial charge in [0.05, 0.1) is 5.69 Å². The minimum atomic E-state index is -0.126. The Morgan fingerprint density at radius 2 is 1.95 bits per heavy atom. The van der Waals surface area contributed by atoms with Gasteiger partial charge in [0.1, 0.15) is 5.82 Å². The van der Waals surface area contributed by atoms with Crippen LogP contribution < -0.4 is 15.5 Å². The molecule has 0 spiro atoms. The van der Waals surface area contributed by atoms with Gasteiger partial charge in [-0.1, -0.05) is 12.1 Å². The molecule has 122 valence electrons. The van der Waals surface area contributed by atoms with Crippen molar-refractivity contribution in [2.75, 3.05) is 58.3 Å². The van der Waals surface area contributed by atoms with E-state index in [2.05, 4.69) is 25.4 Å². The summed E-state index contributed by atoms with van der Waals surface area (Å²) < 4.78 is 13.8. The molecule has 0 amide bonds. The van der Waals surface area contributed by atoms with Gasteiger partial charge >= 0.3 is 0 Å². The molecule has 1 heterocycles. The number of hydrogen-bond donors (Lipinski definition) is 2. The van der Waals surface area contributed by atoms with E-state index in [1.165, 1.54) is 6.07 Å². The van der Waals surface area contributed by atoms with E-state index < -0.39 is 0 Å². The highest BCUT2D eigenvalue weighted by molar-refractivity contribution is 5.79. The van der Waals surface area contributed by atoms with Gasteiger partial charge in [-0.2, -0.15) is 0 Å². The fourth-order valence-electron chi connectivity index (χ4n) is 2.71. The predicted octanol–water partition coefficient (Wildman–Crippen LogP) is 1.13. The Kier molecular flexibility index (Phi) is 6.45. The van der Waals surface area contributed by atoms with E-state index in [4.69, 9.17) is 0 Å². The summed E-state index contributed by atoms with van der Waals surface area (Å²) in [6.45, 7) is 5.68. The summed E-state index contributed by atoms with van der Waals surface area (Å²) in [7, 11) is 3.62. The molecule has 1 aliphatic heterocycles. The average Bonchev–Trinajstić information content (AvgIpc) is 2.56. The van der Waals surface area contributed by atoms with E-state index in [0.717, 1.165) is 57.3 Å². The van der Waals surface area contributed by atoms with Gasteiger partial charge in [0.2, 0.25) is 0 Å². The van der Waals surface area contributed by atoms with Gasteiger partial charge in [-0.3, -0.25) is 9.89 Å². The lowest BCUT2D eigenvalue weighted by Gasteiger charge is -2.36. The van der Waals surface area contributed by atoms with Crippen molar-refractivity contribution in [2.45, 2.75) is 6.42 Å². The Labute approximate surface area is 132 Å². The number of piperazine rings is 1. The Morgan fingerprint density at radius 1 is 1.23 bits per heavy atom. The monoisotopic (exact) mass is 307 g/mol. The number of benzene rings is 1. The maximum atomic E-state index is 13.8. The number of hydrogen-bond acceptors (Lipinski definition) is 3. The number of nitrogens with zero attached hydrogens (tertiary/aromatic N) is 3. The van der Waals surface area contributed by atoms with Crippen LogP contribution >= 0.6 is 0 Å². The van der Waals surface area contributed by atoms with Crippen molar-refractivity contribution in [2.24, 2.45) is 4.99 Å². The topological polar surface area (TPSA) is 42.9 Å². The molecule has 1 aromatic carbocycles. The van der Waals surface area contributed by atoms with Crippen molar-refractivity contribution in [3.05, 3.63) is 30.1 Å². The highest BCUT2D eigenvalue weighted by atomic mass is 19.1. The molecule has 0 radical (unpaired) electrons. The van der Waals surface area contributed by atoms with Crippen LogP contribution in [-0.4, -0.2) is 64.2 Å². The van der Waals surface area contributed by atoms with Crippen LogP contribution in [0.5, 0.6) is 0 Å². The van der Waals surface area contributed by atoms with Gasteiger partial charge < -0.3 is 15.5 Å². The first-order valence-electron chi connectivity index (χ1n) is 7.85. The fraction of sp³-hybridized carbons (Fsp3) is 0.562. The predicted molar refractivity (Wildman–Crippen MR) is 90.1 cm³/mol. The molecule has 1 aromatic rings. The van der Waals surface area contributed by atoms with Gasteiger partial charge in [-0.15, -0.1) is 0 Å². The molecule has 5 nitrogen and oxygen atoms in total. The van der Waals surface area contributed by atoms with Crippen molar-refractivity contribution >= 4 is 11.6 Å². The van der Waals surface area contributed by atoms with Crippen molar-refractivity contribution < 1.29 is 4.39 Å². The number of aliphatic imine (C=N–C) groups is 1. The number of halogens is 1. The molecular formula is C16H26FN5.